The first-order valence-corrected chi connectivity index (χ1v) is 6.38. The Balaban J connectivity index is 2.12. The standard InChI is InChI=1S/C15H22O3/c1-14(2,8-16)12-6-4-5-7-13(12)18-11-15(3)9-17-10-15/h4-7,16H,8-11H2,1-3H3. The van der Waals surface area contributed by atoms with Gasteiger partial charge in [-0.2, -0.15) is 0 Å². The van der Waals surface area contributed by atoms with Gasteiger partial charge in [-0.25, -0.2) is 0 Å². The lowest BCUT2D eigenvalue weighted by molar-refractivity contribution is -0.120. The molecule has 2 rings (SSSR count). The first kappa shape index (κ1) is 13.4. The minimum Gasteiger partial charge on any atom is -0.493 e. The van der Waals surface area contributed by atoms with Crippen LogP contribution in [0.15, 0.2) is 24.3 Å². The summed E-state index contributed by atoms with van der Waals surface area (Å²) >= 11 is 0. The van der Waals surface area contributed by atoms with E-state index in [0.29, 0.717) is 6.61 Å². The minimum atomic E-state index is -0.284. The van der Waals surface area contributed by atoms with Gasteiger partial charge in [0.1, 0.15) is 5.75 Å². The Labute approximate surface area is 109 Å². The largest absolute Gasteiger partial charge is 0.493 e. The molecule has 1 saturated heterocycles. The van der Waals surface area contributed by atoms with Crippen molar-refractivity contribution in [2.75, 3.05) is 26.4 Å². The van der Waals surface area contributed by atoms with E-state index in [1.165, 1.54) is 0 Å². The monoisotopic (exact) mass is 250 g/mol. The molecule has 0 bridgehead atoms. The van der Waals surface area contributed by atoms with Crippen LogP contribution in [0, 0.1) is 5.41 Å². The van der Waals surface area contributed by atoms with E-state index in [0.717, 1.165) is 24.5 Å². The quantitative estimate of drug-likeness (QED) is 0.872. The average Bonchev–Trinajstić information content (AvgIpc) is 2.34. The predicted octanol–water partition coefficient (Wildman–Crippen LogP) is 2.37. The third-order valence-electron chi connectivity index (χ3n) is 3.49. The number of benzene rings is 1. The summed E-state index contributed by atoms with van der Waals surface area (Å²) in [6.07, 6.45) is 0. The minimum absolute atomic E-state index is 0.105. The van der Waals surface area contributed by atoms with Gasteiger partial charge in [-0.1, -0.05) is 39.0 Å². The van der Waals surface area contributed by atoms with Gasteiger partial charge in [0.25, 0.3) is 0 Å². The lowest BCUT2D eigenvalue weighted by Gasteiger charge is -2.38. The number of aliphatic hydroxyl groups excluding tert-OH is 1. The molecule has 1 aliphatic heterocycles. The molecule has 0 amide bonds. The maximum atomic E-state index is 9.48. The van der Waals surface area contributed by atoms with E-state index in [1.807, 2.05) is 38.1 Å². The molecule has 0 radical (unpaired) electrons. The molecule has 18 heavy (non-hydrogen) atoms. The molecule has 1 heterocycles. The van der Waals surface area contributed by atoms with Gasteiger partial charge < -0.3 is 14.6 Å². The van der Waals surface area contributed by atoms with Crippen molar-refractivity contribution in [1.29, 1.82) is 0 Å². The van der Waals surface area contributed by atoms with E-state index < -0.39 is 0 Å². The highest BCUT2D eigenvalue weighted by Gasteiger charge is 2.34. The van der Waals surface area contributed by atoms with Crippen LogP contribution in [0.1, 0.15) is 26.3 Å². The van der Waals surface area contributed by atoms with Crippen LogP contribution in [0.25, 0.3) is 0 Å². The molecule has 0 unspecified atom stereocenters. The topological polar surface area (TPSA) is 38.7 Å². The molecule has 0 aromatic heterocycles. The normalized spacial score (nSPS) is 18.2. The molecular formula is C15H22O3. The number of rotatable bonds is 5. The van der Waals surface area contributed by atoms with Crippen molar-refractivity contribution >= 4 is 0 Å². The van der Waals surface area contributed by atoms with Crippen LogP contribution in [0.3, 0.4) is 0 Å². The number of hydrogen-bond acceptors (Lipinski definition) is 3. The van der Waals surface area contributed by atoms with Crippen LogP contribution >= 0.6 is 0 Å². The van der Waals surface area contributed by atoms with E-state index >= 15 is 0 Å². The number of para-hydroxylation sites is 1. The van der Waals surface area contributed by atoms with Crippen molar-refractivity contribution in [2.24, 2.45) is 5.41 Å². The summed E-state index contributed by atoms with van der Waals surface area (Å²) in [5.41, 5.74) is 0.903. The van der Waals surface area contributed by atoms with Crippen LogP contribution < -0.4 is 4.74 Å². The van der Waals surface area contributed by atoms with Gasteiger partial charge in [-0.15, -0.1) is 0 Å². The van der Waals surface area contributed by atoms with Crippen molar-refractivity contribution in [1.82, 2.24) is 0 Å². The Morgan fingerprint density at radius 1 is 1.33 bits per heavy atom. The van der Waals surface area contributed by atoms with Crippen LogP contribution in [0.2, 0.25) is 0 Å². The molecule has 1 aromatic rings. The molecule has 3 nitrogen and oxygen atoms in total. The second-order valence-electron chi connectivity index (χ2n) is 6.13. The maximum Gasteiger partial charge on any atom is 0.123 e. The molecule has 1 aromatic carbocycles. The molecule has 1 N–H and O–H groups in total. The second kappa shape index (κ2) is 4.90. The van der Waals surface area contributed by atoms with Crippen molar-refractivity contribution in [3.63, 3.8) is 0 Å². The van der Waals surface area contributed by atoms with Gasteiger partial charge in [0, 0.05) is 16.4 Å². The lowest BCUT2D eigenvalue weighted by atomic mass is 9.85. The smallest absolute Gasteiger partial charge is 0.123 e. The summed E-state index contributed by atoms with van der Waals surface area (Å²) in [5, 5.41) is 9.48. The molecule has 1 fully saturated rings. The summed E-state index contributed by atoms with van der Waals surface area (Å²) in [7, 11) is 0. The molecule has 3 heteroatoms. The Kier molecular flexibility index (Phi) is 3.64. The van der Waals surface area contributed by atoms with Crippen molar-refractivity contribution in [3.8, 4) is 5.75 Å². The zero-order chi connectivity index (χ0) is 13.2. The fraction of sp³-hybridized carbons (Fsp3) is 0.600. The van der Waals surface area contributed by atoms with Gasteiger partial charge in [0.15, 0.2) is 0 Å². The molecule has 0 atom stereocenters. The van der Waals surface area contributed by atoms with Crippen LogP contribution in [0.4, 0.5) is 0 Å². The summed E-state index contributed by atoms with van der Waals surface area (Å²) in [5.74, 6) is 0.865. The van der Waals surface area contributed by atoms with E-state index in [4.69, 9.17) is 9.47 Å². The van der Waals surface area contributed by atoms with Crippen molar-refractivity contribution < 1.29 is 14.6 Å². The highest BCUT2D eigenvalue weighted by molar-refractivity contribution is 5.39. The van der Waals surface area contributed by atoms with Crippen LogP contribution in [-0.2, 0) is 10.2 Å². The summed E-state index contributed by atoms with van der Waals surface area (Å²) in [6.45, 7) is 8.49. The molecular weight excluding hydrogens is 228 g/mol. The first-order chi connectivity index (χ1) is 8.47. The molecule has 0 spiro atoms. The van der Waals surface area contributed by atoms with E-state index in [1.54, 1.807) is 0 Å². The summed E-state index contributed by atoms with van der Waals surface area (Å²) in [4.78, 5) is 0. The summed E-state index contributed by atoms with van der Waals surface area (Å²) < 4.78 is 11.2. The van der Waals surface area contributed by atoms with Gasteiger partial charge >= 0.3 is 0 Å². The van der Waals surface area contributed by atoms with Gasteiger partial charge in [-0.3, -0.25) is 0 Å². The van der Waals surface area contributed by atoms with Gasteiger partial charge in [0.05, 0.1) is 26.4 Å². The highest BCUT2D eigenvalue weighted by atomic mass is 16.5. The fourth-order valence-corrected chi connectivity index (χ4v) is 2.02. The molecule has 0 saturated carbocycles. The second-order valence-corrected chi connectivity index (χ2v) is 6.13. The van der Waals surface area contributed by atoms with Gasteiger partial charge in [-0.05, 0) is 6.07 Å². The van der Waals surface area contributed by atoms with Crippen LogP contribution in [0.5, 0.6) is 5.75 Å². The summed E-state index contributed by atoms with van der Waals surface area (Å²) in [6, 6.07) is 7.93. The molecule has 1 aliphatic rings. The zero-order valence-corrected chi connectivity index (χ0v) is 11.4. The van der Waals surface area contributed by atoms with E-state index in [-0.39, 0.29) is 17.4 Å². The maximum absolute atomic E-state index is 9.48. The Hall–Kier alpha value is -1.06. The van der Waals surface area contributed by atoms with E-state index in [9.17, 15) is 5.11 Å². The van der Waals surface area contributed by atoms with E-state index in [2.05, 4.69) is 6.92 Å². The Morgan fingerprint density at radius 2 is 2.00 bits per heavy atom. The average molecular weight is 250 g/mol. The third kappa shape index (κ3) is 2.68. The first-order valence-electron chi connectivity index (χ1n) is 6.38. The number of aliphatic hydroxyl groups is 1. The van der Waals surface area contributed by atoms with Crippen molar-refractivity contribution in [3.05, 3.63) is 29.8 Å². The fourth-order valence-electron chi connectivity index (χ4n) is 2.02. The molecule has 0 aliphatic carbocycles. The number of ether oxygens (including phenoxy) is 2. The van der Waals surface area contributed by atoms with Gasteiger partial charge in [0.2, 0.25) is 0 Å². The third-order valence-corrected chi connectivity index (χ3v) is 3.49. The van der Waals surface area contributed by atoms with Crippen LogP contribution in [-0.4, -0.2) is 31.5 Å². The Bertz CT molecular complexity index is 408. The predicted molar refractivity (Wildman–Crippen MR) is 71.0 cm³/mol. The van der Waals surface area contributed by atoms with Crippen molar-refractivity contribution in [2.45, 2.75) is 26.2 Å². The number of hydrogen-bond donors (Lipinski definition) is 1. The highest BCUT2D eigenvalue weighted by Crippen LogP contribution is 2.33. The Morgan fingerprint density at radius 3 is 2.56 bits per heavy atom. The molecule has 100 valence electrons. The lowest BCUT2D eigenvalue weighted by Crippen LogP contribution is -2.44. The SMILES string of the molecule is CC1(COc2ccccc2C(C)(C)CO)COC1. The zero-order valence-electron chi connectivity index (χ0n) is 11.4.